The topological polar surface area (TPSA) is 25.8 Å². The monoisotopic (exact) mass is 778 g/mol. The summed E-state index contributed by atoms with van der Waals surface area (Å²) in [6.07, 6.45) is 0. The van der Waals surface area contributed by atoms with Crippen molar-refractivity contribution in [3.05, 3.63) is 182 Å². The van der Waals surface area contributed by atoms with E-state index in [0.29, 0.717) is 0 Å². The van der Waals surface area contributed by atoms with Crippen LogP contribution in [0.3, 0.4) is 0 Å². The molecule has 266 valence electrons. The van der Waals surface area contributed by atoms with Gasteiger partial charge in [-0.3, -0.25) is 0 Å². The predicted octanol–water partition coefficient (Wildman–Crippen LogP) is 15.9. The van der Waals surface area contributed by atoms with Gasteiger partial charge in [0.25, 0.3) is 0 Å². The summed E-state index contributed by atoms with van der Waals surface area (Å²) in [5.74, 6) is 0.732. The van der Waals surface area contributed by atoms with Crippen molar-refractivity contribution in [3.8, 4) is 56.0 Å². The third-order valence-electron chi connectivity index (χ3n) is 11.1. The SMILES string of the molecule is c1ccc(-c2nc(-c3cccc(-c4cccc5c4sc4ccccc45)c3)nc3c2sc2c(-c4cccc(-c5cccc6c5sc5ccccc56)c4)cccc23)cc1. The second-order valence-corrected chi connectivity index (χ2v) is 17.6. The van der Waals surface area contributed by atoms with Crippen LogP contribution in [0.25, 0.3) is 117 Å². The molecule has 0 aliphatic rings. The number of hydrogen-bond acceptors (Lipinski definition) is 5. The van der Waals surface area contributed by atoms with Crippen molar-refractivity contribution in [3.63, 3.8) is 0 Å². The molecule has 0 spiro atoms. The Morgan fingerprint density at radius 2 is 0.737 bits per heavy atom. The van der Waals surface area contributed by atoms with Crippen LogP contribution in [-0.4, -0.2) is 9.97 Å². The van der Waals surface area contributed by atoms with Crippen molar-refractivity contribution in [1.29, 1.82) is 0 Å². The third kappa shape index (κ3) is 5.28. The number of fused-ring (bicyclic) bond motifs is 9. The summed E-state index contributed by atoms with van der Waals surface area (Å²) in [6.45, 7) is 0. The van der Waals surface area contributed by atoms with Crippen molar-refractivity contribution >= 4 is 94.7 Å². The second kappa shape index (κ2) is 13.0. The highest BCUT2D eigenvalue weighted by atomic mass is 32.1. The van der Waals surface area contributed by atoms with E-state index in [1.807, 2.05) is 22.7 Å². The quantitative estimate of drug-likeness (QED) is 0.174. The average Bonchev–Trinajstić information content (AvgIpc) is 3.98. The highest BCUT2D eigenvalue weighted by Crippen LogP contribution is 2.46. The molecule has 0 aliphatic carbocycles. The lowest BCUT2D eigenvalue weighted by Gasteiger charge is -2.09. The van der Waals surface area contributed by atoms with Gasteiger partial charge >= 0.3 is 0 Å². The van der Waals surface area contributed by atoms with Crippen LogP contribution in [0.5, 0.6) is 0 Å². The largest absolute Gasteiger partial charge is 0.226 e. The fourth-order valence-electron chi connectivity index (χ4n) is 8.44. The average molecular weight is 779 g/mol. The summed E-state index contributed by atoms with van der Waals surface area (Å²) in [5, 5.41) is 6.39. The van der Waals surface area contributed by atoms with Gasteiger partial charge in [0.1, 0.15) is 0 Å². The van der Waals surface area contributed by atoms with E-state index in [1.54, 1.807) is 11.3 Å². The summed E-state index contributed by atoms with van der Waals surface area (Å²) < 4.78 is 7.58. The Bertz CT molecular complexity index is 3540. The summed E-state index contributed by atoms with van der Waals surface area (Å²) in [7, 11) is 0. The molecule has 5 heteroatoms. The highest BCUT2D eigenvalue weighted by Gasteiger charge is 2.20. The molecule has 0 saturated heterocycles. The molecule has 2 nitrogen and oxygen atoms in total. The van der Waals surface area contributed by atoms with Crippen LogP contribution in [0.1, 0.15) is 0 Å². The minimum Gasteiger partial charge on any atom is -0.226 e. The van der Waals surface area contributed by atoms with E-state index in [4.69, 9.17) is 9.97 Å². The van der Waals surface area contributed by atoms with Gasteiger partial charge in [0.2, 0.25) is 0 Å². The van der Waals surface area contributed by atoms with E-state index in [2.05, 4.69) is 182 Å². The van der Waals surface area contributed by atoms with Gasteiger partial charge in [0.05, 0.1) is 15.9 Å². The predicted molar refractivity (Wildman–Crippen MR) is 248 cm³/mol. The molecular formula is C52H30N2S3. The Balaban J connectivity index is 1.03. The lowest BCUT2D eigenvalue weighted by molar-refractivity contribution is 1.24. The highest BCUT2D eigenvalue weighted by molar-refractivity contribution is 7.27. The first-order chi connectivity index (χ1) is 28.2. The van der Waals surface area contributed by atoms with Crippen LogP contribution in [0.15, 0.2) is 182 Å². The molecular weight excluding hydrogens is 749 g/mol. The van der Waals surface area contributed by atoms with E-state index in [1.165, 1.54) is 78.4 Å². The molecule has 8 aromatic carbocycles. The smallest absolute Gasteiger partial charge is 0.160 e. The maximum atomic E-state index is 5.41. The number of benzene rings is 8. The van der Waals surface area contributed by atoms with Gasteiger partial charge < -0.3 is 0 Å². The molecule has 0 atom stereocenters. The zero-order valence-corrected chi connectivity index (χ0v) is 32.9. The first-order valence-corrected chi connectivity index (χ1v) is 21.5. The maximum absolute atomic E-state index is 5.41. The Kier molecular flexibility index (Phi) is 7.48. The van der Waals surface area contributed by atoms with Crippen molar-refractivity contribution in [2.45, 2.75) is 0 Å². The Morgan fingerprint density at radius 3 is 1.33 bits per heavy atom. The maximum Gasteiger partial charge on any atom is 0.160 e. The minimum absolute atomic E-state index is 0.732. The van der Waals surface area contributed by atoms with Crippen molar-refractivity contribution in [1.82, 2.24) is 9.97 Å². The van der Waals surface area contributed by atoms with Gasteiger partial charge in [-0.25, -0.2) is 9.97 Å². The summed E-state index contributed by atoms with van der Waals surface area (Å²) >= 11 is 5.53. The van der Waals surface area contributed by atoms with Crippen molar-refractivity contribution < 1.29 is 0 Å². The van der Waals surface area contributed by atoms with E-state index < -0.39 is 0 Å². The Labute approximate surface area is 340 Å². The summed E-state index contributed by atoms with van der Waals surface area (Å²) in [5.41, 5.74) is 11.3. The minimum atomic E-state index is 0.732. The molecule has 12 rings (SSSR count). The third-order valence-corrected chi connectivity index (χ3v) is 14.8. The van der Waals surface area contributed by atoms with E-state index >= 15 is 0 Å². The van der Waals surface area contributed by atoms with E-state index in [9.17, 15) is 0 Å². The van der Waals surface area contributed by atoms with Crippen LogP contribution in [0.4, 0.5) is 0 Å². The number of nitrogens with zero attached hydrogens (tertiary/aromatic N) is 2. The molecule has 0 unspecified atom stereocenters. The molecule has 0 radical (unpaired) electrons. The molecule has 0 bridgehead atoms. The number of rotatable bonds is 5. The van der Waals surface area contributed by atoms with E-state index in [-0.39, 0.29) is 0 Å². The molecule has 0 N–H and O–H groups in total. The molecule has 0 fully saturated rings. The zero-order chi connectivity index (χ0) is 37.5. The number of thiophene rings is 3. The molecule has 0 aliphatic heterocycles. The Morgan fingerprint density at radius 1 is 0.298 bits per heavy atom. The van der Waals surface area contributed by atoms with Crippen LogP contribution in [0, 0.1) is 0 Å². The molecule has 4 aromatic heterocycles. The lowest BCUT2D eigenvalue weighted by Crippen LogP contribution is -1.94. The van der Waals surface area contributed by atoms with E-state index in [0.717, 1.165) is 38.2 Å². The normalized spacial score (nSPS) is 11.9. The molecule has 0 saturated carbocycles. The first kappa shape index (κ1) is 32.7. The van der Waals surface area contributed by atoms with Crippen LogP contribution < -0.4 is 0 Å². The van der Waals surface area contributed by atoms with Gasteiger partial charge in [-0.05, 0) is 57.6 Å². The van der Waals surface area contributed by atoms with Gasteiger partial charge in [0, 0.05) is 61.6 Å². The van der Waals surface area contributed by atoms with Gasteiger partial charge in [-0.15, -0.1) is 34.0 Å². The second-order valence-electron chi connectivity index (χ2n) is 14.4. The fourth-order valence-corrected chi connectivity index (χ4v) is 12.2. The summed E-state index contributed by atoms with van der Waals surface area (Å²) in [6, 6.07) is 65.8. The first-order valence-electron chi connectivity index (χ1n) is 19.1. The van der Waals surface area contributed by atoms with Crippen molar-refractivity contribution in [2.24, 2.45) is 0 Å². The van der Waals surface area contributed by atoms with Crippen LogP contribution >= 0.6 is 34.0 Å². The lowest BCUT2D eigenvalue weighted by atomic mass is 9.97. The van der Waals surface area contributed by atoms with Crippen LogP contribution in [-0.2, 0) is 0 Å². The molecule has 57 heavy (non-hydrogen) atoms. The number of hydrogen-bond donors (Lipinski definition) is 0. The fraction of sp³-hybridized carbons (Fsp3) is 0. The van der Waals surface area contributed by atoms with Crippen molar-refractivity contribution in [2.75, 3.05) is 0 Å². The number of aromatic nitrogens is 2. The molecule has 4 heterocycles. The van der Waals surface area contributed by atoms with Gasteiger partial charge in [-0.2, -0.15) is 0 Å². The molecule has 12 aromatic rings. The zero-order valence-electron chi connectivity index (χ0n) is 30.4. The molecule has 0 amide bonds. The summed E-state index contributed by atoms with van der Waals surface area (Å²) in [4.78, 5) is 10.8. The standard InChI is InChI=1S/C52H30N2S3/c1-2-13-31(14-3-1)46-51-47(54-52(53-46)35-18-9-17-34(30-35)37-22-11-25-42-40-20-5-7-28-45(40)56-49(37)42)43-26-12-23-38(50(43)57-51)33-16-8-15-32(29-33)36-21-10-24-41-39-19-4-6-27-44(39)55-48(36)41/h1-30H. The van der Waals surface area contributed by atoms with Gasteiger partial charge in [-0.1, -0.05) is 158 Å². The van der Waals surface area contributed by atoms with Crippen LogP contribution in [0.2, 0.25) is 0 Å². The Hall–Kier alpha value is -6.50. The van der Waals surface area contributed by atoms with Gasteiger partial charge in [0.15, 0.2) is 5.82 Å².